The van der Waals surface area contributed by atoms with Crippen LogP contribution in [-0.2, 0) is 9.59 Å². The van der Waals surface area contributed by atoms with Crippen molar-refractivity contribution in [3.05, 3.63) is 0 Å². The molecule has 1 amide bonds. The summed E-state index contributed by atoms with van der Waals surface area (Å²) in [5, 5.41) is 9.11. The number of fused-ring (bicyclic) bond motifs is 2. The second-order valence-electron chi connectivity index (χ2n) is 5.12. The van der Waals surface area contributed by atoms with Gasteiger partial charge in [0.05, 0.1) is 12.0 Å². The van der Waals surface area contributed by atoms with Gasteiger partial charge in [-0.15, -0.1) is 0 Å². The quantitative estimate of drug-likeness (QED) is 0.752. The zero-order chi connectivity index (χ0) is 12.6. The standard InChI is InChI=1S/C12H20N2O3/c1-2-3-9(13)11(15)14-7-4-5-10(14)8(6-7)12(16)17/h7-10H,2-6,13H2,1H3,(H,16,17). The number of carboxylic acid groups (broad SMARTS) is 1. The van der Waals surface area contributed by atoms with Crippen molar-refractivity contribution in [2.75, 3.05) is 0 Å². The number of carbonyl (C=O) groups is 2. The molecule has 2 aliphatic heterocycles. The molecule has 0 aromatic carbocycles. The number of rotatable bonds is 4. The maximum atomic E-state index is 12.2. The molecular formula is C12H20N2O3. The fourth-order valence-electron chi connectivity index (χ4n) is 3.22. The summed E-state index contributed by atoms with van der Waals surface area (Å²) < 4.78 is 0. The van der Waals surface area contributed by atoms with Gasteiger partial charge in [-0.2, -0.15) is 0 Å². The third-order valence-electron chi connectivity index (χ3n) is 4.03. The first kappa shape index (κ1) is 12.4. The van der Waals surface area contributed by atoms with E-state index in [9.17, 15) is 9.59 Å². The van der Waals surface area contributed by atoms with E-state index in [-0.39, 0.29) is 23.9 Å². The van der Waals surface area contributed by atoms with Crippen molar-refractivity contribution in [2.45, 2.75) is 57.2 Å². The second kappa shape index (κ2) is 4.64. The number of amides is 1. The highest BCUT2D eigenvalue weighted by Gasteiger charge is 2.51. The molecule has 0 spiro atoms. The van der Waals surface area contributed by atoms with Crippen molar-refractivity contribution in [1.29, 1.82) is 0 Å². The minimum absolute atomic E-state index is 0.0527. The molecule has 0 aliphatic carbocycles. The molecule has 4 unspecified atom stereocenters. The SMILES string of the molecule is CCCC(N)C(=O)N1C2CCC1C(C(=O)O)C2. The number of hydrogen-bond acceptors (Lipinski definition) is 3. The Morgan fingerprint density at radius 3 is 2.71 bits per heavy atom. The number of hydrogen-bond donors (Lipinski definition) is 2. The van der Waals surface area contributed by atoms with Crippen LogP contribution in [0.4, 0.5) is 0 Å². The van der Waals surface area contributed by atoms with Crippen molar-refractivity contribution in [3.63, 3.8) is 0 Å². The molecule has 3 N–H and O–H groups in total. The topological polar surface area (TPSA) is 83.6 Å². The van der Waals surface area contributed by atoms with Crippen molar-refractivity contribution in [3.8, 4) is 0 Å². The predicted molar refractivity (Wildman–Crippen MR) is 62.3 cm³/mol. The Hall–Kier alpha value is -1.10. The van der Waals surface area contributed by atoms with Crippen LogP contribution in [0.2, 0.25) is 0 Å². The van der Waals surface area contributed by atoms with E-state index in [0.29, 0.717) is 12.8 Å². The third-order valence-corrected chi connectivity index (χ3v) is 4.03. The Balaban J connectivity index is 2.08. The Morgan fingerprint density at radius 1 is 1.47 bits per heavy atom. The summed E-state index contributed by atoms with van der Waals surface area (Å²) in [7, 11) is 0. The lowest BCUT2D eigenvalue weighted by Gasteiger charge is -2.26. The van der Waals surface area contributed by atoms with Gasteiger partial charge in [-0.3, -0.25) is 9.59 Å². The van der Waals surface area contributed by atoms with E-state index in [0.717, 1.165) is 19.3 Å². The Labute approximate surface area is 101 Å². The molecule has 96 valence electrons. The van der Waals surface area contributed by atoms with E-state index < -0.39 is 12.0 Å². The van der Waals surface area contributed by atoms with Gasteiger partial charge in [0.25, 0.3) is 0 Å². The highest BCUT2D eigenvalue weighted by atomic mass is 16.4. The number of nitrogens with two attached hydrogens (primary N) is 1. The summed E-state index contributed by atoms with van der Waals surface area (Å²) >= 11 is 0. The van der Waals surface area contributed by atoms with Gasteiger partial charge in [-0.1, -0.05) is 13.3 Å². The minimum atomic E-state index is -0.779. The molecule has 2 bridgehead atoms. The van der Waals surface area contributed by atoms with Crippen LogP contribution in [0, 0.1) is 5.92 Å². The number of nitrogens with zero attached hydrogens (tertiary/aromatic N) is 1. The maximum Gasteiger partial charge on any atom is 0.308 e. The molecule has 2 aliphatic rings. The molecule has 2 fully saturated rings. The van der Waals surface area contributed by atoms with E-state index in [1.54, 1.807) is 4.90 Å². The summed E-state index contributed by atoms with van der Waals surface area (Å²) in [5.41, 5.74) is 5.84. The van der Waals surface area contributed by atoms with Gasteiger partial charge in [0, 0.05) is 12.1 Å². The van der Waals surface area contributed by atoms with Gasteiger partial charge < -0.3 is 15.7 Å². The molecule has 0 aromatic rings. The lowest BCUT2D eigenvalue weighted by Crippen LogP contribution is -2.47. The van der Waals surface area contributed by atoms with E-state index in [4.69, 9.17) is 10.8 Å². The van der Waals surface area contributed by atoms with Gasteiger partial charge in [-0.25, -0.2) is 0 Å². The van der Waals surface area contributed by atoms with Crippen LogP contribution >= 0.6 is 0 Å². The maximum absolute atomic E-state index is 12.2. The normalized spacial score (nSPS) is 32.8. The Bertz CT molecular complexity index is 332. The molecule has 0 radical (unpaired) electrons. The van der Waals surface area contributed by atoms with Gasteiger partial charge in [0.2, 0.25) is 5.91 Å². The third kappa shape index (κ3) is 2.04. The monoisotopic (exact) mass is 240 g/mol. The highest BCUT2D eigenvalue weighted by Crippen LogP contribution is 2.42. The van der Waals surface area contributed by atoms with Crippen LogP contribution in [0.3, 0.4) is 0 Å². The van der Waals surface area contributed by atoms with Crippen molar-refractivity contribution >= 4 is 11.9 Å². The molecule has 17 heavy (non-hydrogen) atoms. The number of carboxylic acids is 1. The smallest absolute Gasteiger partial charge is 0.308 e. The van der Waals surface area contributed by atoms with Crippen LogP contribution in [0.1, 0.15) is 39.0 Å². The number of carbonyl (C=O) groups excluding carboxylic acids is 1. The molecule has 4 atom stereocenters. The summed E-state index contributed by atoms with van der Waals surface area (Å²) in [4.78, 5) is 25.0. The summed E-state index contributed by atoms with van der Waals surface area (Å²) in [6, 6.07) is -0.472. The van der Waals surface area contributed by atoms with Crippen molar-refractivity contribution in [2.24, 2.45) is 11.7 Å². The number of aliphatic carboxylic acids is 1. The van der Waals surface area contributed by atoms with E-state index in [2.05, 4.69) is 0 Å². The molecule has 5 heteroatoms. The van der Waals surface area contributed by atoms with Crippen LogP contribution in [-0.4, -0.2) is 40.0 Å². The molecule has 2 saturated heterocycles. The summed E-state index contributed by atoms with van der Waals surface area (Å²) in [5.74, 6) is -1.21. The predicted octanol–water partition coefficient (Wildman–Crippen LogP) is 0.578. The zero-order valence-electron chi connectivity index (χ0n) is 10.1. The largest absolute Gasteiger partial charge is 0.481 e. The van der Waals surface area contributed by atoms with Gasteiger partial charge in [-0.05, 0) is 25.7 Å². The van der Waals surface area contributed by atoms with E-state index >= 15 is 0 Å². The lowest BCUT2D eigenvalue weighted by atomic mass is 9.89. The highest BCUT2D eigenvalue weighted by molar-refractivity contribution is 5.84. The molecule has 5 nitrogen and oxygen atoms in total. The fourth-order valence-corrected chi connectivity index (χ4v) is 3.22. The molecular weight excluding hydrogens is 220 g/mol. The van der Waals surface area contributed by atoms with Crippen LogP contribution < -0.4 is 5.73 Å². The van der Waals surface area contributed by atoms with Crippen LogP contribution in [0.5, 0.6) is 0 Å². The van der Waals surface area contributed by atoms with Crippen LogP contribution in [0.25, 0.3) is 0 Å². The minimum Gasteiger partial charge on any atom is -0.481 e. The fraction of sp³-hybridized carbons (Fsp3) is 0.833. The molecule has 2 rings (SSSR count). The van der Waals surface area contributed by atoms with Crippen LogP contribution in [0.15, 0.2) is 0 Å². The first-order valence-electron chi connectivity index (χ1n) is 6.36. The average Bonchev–Trinajstić information content (AvgIpc) is 2.85. The first-order chi connectivity index (χ1) is 8.06. The molecule has 0 saturated carbocycles. The Kier molecular flexibility index (Phi) is 3.38. The summed E-state index contributed by atoms with van der Waals surface area (Å²) in [6.45, 7) is 1.99. The van der Waals surface area contributed by atoms with Gasteiger partial charge in [0.15, 0.2) is 0 Å². The van der Waals surface area contributed by atoms with Crippen molar-refractivity contribution in [1.82, 2.24) is 4.90 Å². The average molecular weight is 240 g/mol. The van der Waals surface area contributed by atoms with Gasteiger partial charge in [0.1, 0.15) is 0 Å². The Morgan fingerprint density at radius 2 is 2.18 bits per heavy atom. The van der Waals surface area contributed by atoms with Crippen molar-refractivity contribution < 1.29 is 14.7 Å². The second-order valence-corrected chi connectivity index (χ2v) is 5.12. The first-order valence-corrected chi connectivity index (χ1v) is 6.36. The summed E-state index contributed by atoms with van der Waals surface area (Å²) in [6.07, 6.45) is 3.89. The lowest BCUT2D eigenvalue weighted by molar-refractivity contribution is -0.143. The zero-order valence-corrected chi connectivity index (χ0v) is 10.1. The van der Waals surface area contributed by atoms with E-state index in [1.807, 2.05) is 6.92 Å². The van der Waals surface area contributed by atoms with Gasteiger partial charge >= 0.3 is 5.97 Å². The molecule has 0 aromatic heterocycles. The molecule has 2 heterocycles. The van der Waals surface area contributed by atoms with E-state index in [1.165, 1.54) is 0 Å².